The summed E-state index contributed by atoms with van der Waals surface area (Å²) in [5, 5.41) is 12.2. The number of carbonyl (C=O) groups excluding carboxylic acids is 1. The summed E-state index contributed by atoms with van der Waals surface area (Å²) in [7, 11) is 0. The number of unbranched alkanes of at least 4 members (excludes halogenated alkanes) is 6. The van der Waals surface area contributed by atoms with Crippen LogP contribution >= 0.6 is 63.7 Å². The van der Waals surface area contributed by atoms with Crippen molar-refractivity contribution >= 4 is 80.3 Å². The highest BCUT2D eigenvalue weighted by atomic mass is 79.9. The van der Waals surface area contributed by atoms with Crippen molar-refractivity contribution in [1.82, 2.24) is 0 Å². The summed E-state index contributed by atoms with van der Waals surface area (Å²) in [6.07, 6.45) is 13.3. The number of carbonyl (C=O) groups is 1. The van der Waals surface area contributed by atoms with Crippen molar-refractivity contribution in [3.63, 3.8) is 0 Å². The van der Waals surface area contributed by atoms with Gasteiger partial charge in [-0.1, -0.05) is 146 Å². The van der Waals surface area contributed by atoms with Gasteiger partial charge in [0.05, 0.1) is 5.56 Å². The summed E-state index contributed by atoms with van der Waals surface area (Å²) in [5.41, 5.74) is 0.449. The average Bonchev–Trinajstić information content (AvgIpc) is 2.83. The molecule has 0 spiro atoms. The topological polar surface area (TPSA) is 37.3 Å². The minimum Gasteiger partial charge on any atom is -0.507 e. The van der Waals surface area contributed by atoms with Crippen LogP contribution in [0.1, 0.15) is 94.3 Å². The van der Waals surface area contributed by atoms with E-state index in [1.807, 2.05) is 30.3 Å². The van der Waals surface area contributed by atoms with E-state index in [0.717, 1.165) is 42.9 Å². The molecule has 2 nitrogen and oxygen atoms in total. The Hall–Kier alpha value is 0.0900. The Labute approximate surface area is 239 Å². The zero-order valence-corrected chi connectivity index (χ0v) is 26.5. The number of Topliss-reactive ketones (excluding diaryl/α,β-unsaturated/α-hetero) is 1. The standard InChI is InChI=1S/C28H38Br4O2/c1-2-3-7-14-23(29)25(31)19-26(32)24(30)15-8-5-4-6-9-16-27(33)22-18-17-20-12-10-11-13-21(20)28(22)34/h10-13,17-18,23-26,34H,2-9,14-16,19H2,1H3. The minimum absolute atomic E-state index is 0.0371. The normalized spacial score (nSPS) is 15.2. The summed E-state index contributed by atoms with van der Waals surface area (Å²) < 4.78 is 0. The summed E-state index contributed by atoms with van der Waals surface area (Å²) >= 11 is 15.5. The highest BCUT2D eigenvalue weighted by Crippen LogP contribution is 2.32. The lowest BCUT2D eigenvalue weighted by Gasteiger charge is -2.23. The van der Waals surface area contributed by atoms with Crippen molar-refractivity contribution in [3.8, 4) is 5.75 Å². The van der Waals surface area contributed by atoms with E-state index in [9.17, 15) is 9.90 Å². The maximum absolute atomic E-state index is 12.6. The van der Waals surface area contributed by atoms with E-state index in [0.29, 0.717) is 31.3 Å². The Morgan fingerprint density at radius 3 is 2.03 bits per heavy atom. The number of halogens is 4. The van der Waals surface area contributed by atoms with E-state index in [-0.39, 0.29) is 11.5 Å². The van der Waals surface area contributed by atoms with Crippen molar-refractivity contribution < 1.29 is 9.90 Å². The van der Waals surface area contributed by atoms with Gasteiger partial charge in [-0.15, -0.1) is 0 Å². The SMILES string of the molecule is CCCCCC(Br)C(Br)CC(Br)C(Br)CCCCCCCC(=O)c1ccc2ccccc2c1O. The first kappa shape index (κ1) is 30.3. The Balaban J connectivity index is 1.60. The summed E-state index contributed by atoms with van der Waals surface area (Å²) in [6.45, 7) is 2.25. The number of fused-ring (bicyclic) bond motifs is 1. The third-order valence-corrected chi connectivity index (χ3v) is 12.0. The lowest BCUT2D eigenvalue weighted by Crippen LogP contribution is -2.23. The van der Waals surface area contributed by atoms with Gasteiger partial charge in [-0.25, -0.2) is 0 Å². The first-order valence-electron chi connectivity index (χ1n) is 12.6. The van der Waals surface area contributed by atoms with E-state index in [1.165, 1.54) is 38.5 Å². The molecule has 34 heavy (non-hydrogen) atoms. The number of hydrogen-bond donors (Lipinski definition) is 1. The van der Waals surface area contributed by atoms with Gasteiger partial charge in [0, 0.05) is 31.1 Å². The molecule has 0 radical (unpaired) electrons. The summed E-state index contributed by atoms with van der Waals surface area (Å²) in [6, 6.07) is 11.3. The molecule has 190 valence electrons. The molecule has 2 aromatic rings. The van der Waals surface area contributed by atoms with Gasteiger partial charge in [0.25, 0.3) is 0 Å². The van der Waals surface area contributed by atoms with E-state index >= 15 is 0 Å². The van der Waals surface area contributed by atoms with Crippen LogP contribution in [0.25, 0.3) is 10.8 Å². The monoisotopic (exact) mass is 722 g/mol. The number of rotatable bonds is 17. The van der Waals surface area contributed by atoms with Crippen molar-refractivity contribution in [2.24, 2.45) is 0 Å². The van der Waals surface area contributed by atoms with Crippen LogP contribution in [0.5, 0.6) is 5.75 Å². The van der Waals surface area contributed by atoms with E-state index in [2.05, 4.69) is 70.6 Å². The number of phenols is 1. The molecule has 0 aliphatic carbocycles. The van der Waals surface area contributed by atoms with Crippen LogP contribution in [0.3, 0.4) is 0 Å². The molecule has 2 rings (SSSR count). The second-order valence-electron chi connectivity index (χ2n) is 9.21. The van der Waals surface area contributed by atoms with Crippen LogP contribution in [0, 0.1) is 0 Å². The molecule has 6 heteroatoms. The van der Waals surface area contributed by atoms with Crippen molar-refractivity contribution in [2.75, 3.05) is 0 Å². The number of ketones is 1. The smallest absolute Gasteiger partial charge is 0.166 e. The molecule has 0 saturated carbocycles. The van der Waals surface area contributed by atoms with Crippen LogP contribution in [0.4, 0.5) is 0 Å². The van der Waals surface area contributed by atoms with Crippen molar-refractivity contribution in [2.45, 2.75) is 103 Å². The Kier molecular flexibility index (Phi) is 14.9. The Morgan fingerprint density at radius 2 is 1.35 bits per heavy atom. The molecule has 0 amide bonds. The lowest BCUT2D eigenvalue weighted by atomic mass is 9.99. The van der Waals surface area contributed by atoms with E-state index in [4.69, 9.17) is 0 Å². The van der Waals surface area contributed by atoms with Gasteiger partial charge >= 0.3 is 0 Å². The van der Waals surface area contributed by atoms with Gasteiger partial charge < -0.3 is 5.11 Å². The van der Waals surface area contributed by atoms with Crippen molar-refractivity contribution in [3.05, 3.63) is 42.0 Å². The van der Waals surface area contributed by atoms with Gasteiger partial charge in [-0.05, 0) is 37.1 Å². The predicted octanol–water partition coefficient (Wildman–Crippen LogP) is 10.5. The molecular formula is C28H38Br4O2. The summed E-state index contributed by atoms with van der Waals surface area (Å²) in [5.74, 6) is 0.156. The molecule has 0 aliphatic heterocycles. The molecular weight excluding hydrogens is 688 g/mol. The van der Waals surface area contributed by atoms with Gasteiger partial charge in [0.15, 0.2) is 5.78 Å². The second kappa shape index (κ2) is 16.8. The first-order chi connectivity index (χ1) is 16.3. The lowest BCUT2D eigenvalue weighted by molar-refractivity contribution is 0.0976. The number of hydrogen-bond acceptors (Lipinski definition) is 2. The molecule has 1 N–H and O–H groups in total. The van der Waals surface area contributed by atoms with Crippen LogP contribution in [0.15, 0.2) is 36.4 Å². The third-order valence-electron chi connectivity index (χ3n) is 6.40. The Bertz CT molecular complexity index is 873. The first-order valence-corrected chi connectivity index (χ1v) is 16.3. The third kappa shape index (κ3) is 10.2. The van der Waals surface area contributed by atoms with Gasteiger partial charge in [-0.2, -0.15) is 0 Å². The van der Waals surface area contributed by atoms with Crippen molar-refractivity contribution in [1.29, 1.82) is 0 Å². The predicted molar refractivity (Wildman–Crippen MR) is 162 cm³/mol. The highest BCUT2D eigenvalue weighted by Gasteiger charge is 2.23. The number of phenolic OH excluding ortho intramolecular Hbond substituents is 1. The zero-order chi connectivity index (χ0) is 24.9. The van der Waals surface area contributed by atoms with Gasteiger partial charge in [0.1, 0.15) is 5.75 Å². The molecule has 0 saturated heterocycles. The summed E-state index contributed by atoms with van der Waals surface area (Å²) in [4.78, 5) is 14.5. The molecule has 0 heterocycles. The number of alkyl halides is 4. The maximum Gasteiger partial charge on any atom is 0.166 e. The minimum atomic E-state index is 0.0371. The van der Waals surface area contributed by atoms with Gasteiger partial charge in [0.2, 0.25) is 0 Å². The highest BCUT2D eigenvalue weighted by molar-refractivity contribution is 9.13. The molecule has 0 aliphatic rings. The molecule has 0 aromatic heterocycles. The maximum atomic E-state index is 12.6. The number of benzene rings is 2. The molecule has 2 aromatic carbocycles. The molecule has 0 fully saturated rings. The largest absolute Gasteiger partial charge is 0.507 e. The molecule has 4 unspecified atom stereocenters. The average molecular weight is 726 g/mol. The van der Waals surface area contributed by atoms with Crippen LogP contribution in [-0.4, -0.2) is 30.2 Å². The molecule has 4 atom stereocenters. The fourth-order valence-electron chi connectivity index (χ4n) is 4.23. The van der Waals surface area contributed by atoms with E-state index < -0.39 is 0 Å². The van der Waals surface area contributed by atoms with Crippen LogP contribution in [0.2, 0.25) is 0 Å². The van der Waals surface area contributed by atoms with Gasteiger partial charge in [-0.3, -0.25) is 4.79 Å². The quantitative estimate of drug-likeness (QED) is 0.100. The van der Waals surface area contributed by atoms with E-state index in [1.54, 1.807) is 6.07 Å². The van der Waals surface area contributed by atoms with Crippen LogP contribution < -0.4 is 0 Å². The molecule has 0 bridgehead atoms. The second-order valence-corrected chi connectivity index (χ2v) is 13.9. The Morgan fingerprint density at radius 1 is 0.765 bits per heavy atom. The zero-order valence-electron chi connectivity index (χ0n) is 20.1. The van der Waals surface area contributed by atoms with Crippen LogP contribution in [-0.2, 0) is 0 Å². The fourth-order valence-corrected chi connectivity index (χ4v) is 7.15. The number of aromatic hydroxyl groups is 1. The fraction of sp³-hybridized carbons (Fsp3) is 0.607.